The van der Waals surface area contributed by atoms with E-state index in [0.717, 1.165) is 11.1 Å². The zero-order chi connectivity index (χ0) is 21.2. The fourth-order valence-electron chi connectivity index (χ4n) is 3.06. The number of benzene rings is 2. The minimum atomic E-state index is -3.76. The average Bonchev–Trinajstić information content (AvgIpc) is 3.01. The van der Waals surface area contributed by atoms with Crippen molar-refractivity contribution in [1.82, 2.24) is 9.88 Å². The van der Waals surface area contributed by atoms with Gasteiger partial charge >= 0.3 is 0 Å². The number of nitrogens with zero attached hydrogens (tertiary/aromatic N) is 1. The normalized spacial score (nSPS) is 11.4. The Hall–Kier alpha value is -2.97. The van der Waals surface area contributed by atoms with Crippen LogP contribution in [-0.2, 0) is 21.4 Å². The Kier molecular flexibility index (Phi) is 5.86. The number of aromatic nitrogens is 1. The standard InChI is InChI=1S/C21H23N3O4S/c1-13-7-5-6-8-18(13)12-22-29(26,27)19-11-17(10-9-14(19)2)20-15(3)24-28-21(20)23-16(4)25/h5-11,22H,12H2,1-4H3,(H,23,25). The van der Waals surface area contributed by atoms with Crippen LogP contribution in [0.2, 0.25) is 0 Å². The van der Waals surface area contributed by atoms with Crippen LogP contribution in [0.25, 0.3) is 11.1 Å². The van der Waals surface area contributed by atoms with E-state index < -0.39 is 10.0 Å². The summed E-state index contributed by atoms with van der Waals surface area (Å²) in [5.74, 6) is -0.114. The second-order valence-electron chi connectivity index (χ2n) is 6.88. The van der Waals surface area contributed by atoms with Gasteiger partial charge in [-0.2, -0.15) is 0 Å². The van der Waals surface area contributed by atoms with Gasteiger partial charge in [0.25, 0.3) is 0 Å². The second kappa shape index (κ2) is 8.18. The van der Waals surface area contributed by atoms with Gasteiger partial charge in [0, 0.05) is 13.5 Å². The number of rotatable bonds is 6. The largest absolute Gasteiger partial charge is 0.337 e. The third-order valence-electron chi connectivity index (χ3n) is 4.63. The molecule has 0 aliphatic rings. The van der Waals surface area contributed by atoms with Gasteiger partial charge in [0.05, 0.1) is 16.2 Å². The smallest absolute Gasteiger partial charge is 0.241 e. The third kappa shape index (κ3) is 4.55. The van der Waals surface area contributed by atoms with Crippen LogP contribution < -0.4 is 10.0 Å². The molecule has 8 heteroatoms. The lowest BCUT2D eigenvalue weighted by molar-refractivity contribution is -0.114. The Balaban J connectivity index is 1.96. The van der Waals surface area contributed by atoms with E-state index in [0.29, 0.717) is 22.4 Å². The molecule has 3 aromatic rings. The first-order valence-electron chi connectivity index (χ1n) is 9.08. The maximum absolute atomic E-state index is 13.0. The van der Waals surface area contributed by atoms with Crippen molar-refractivity contribution < 1.29 is 17.7 Å². The van der Waals surface area contributed by atoms with E-state index in [1.165, 1.54) is 6.92 Å². The van der Waals surface area contributed by atoms with Gasteiger partial charge in [0.1, 0.15) is 0 Å². The molecule has 7 nitrogen and oxygen atoms in total. The predicted octanol–water partition coefficient (Wildman–Crippen LogP) is 3.70. The highest BCUT2D eigenvalue weighted by Crippen LogP contribution is 2.33. The lowest BCUT2D eigenvalue weighted by Crippen LogP contribution is -2.24. The molecule has 0 fully saturated rings. The number of nitrogens with one attached hydrogen (secondary N) is 2. The maximum Gasteiger partial charge on any atom is 0.241 e. The number of aryl methyl sites for hydroxylation is 3. The van der Waals surface area contributed by atoms with Crippen LogP contribution in [0, 0.1) is 20.8 Å². The molecule has 3 rings (SSSR count). The molecule has 0 aliphatic carbocycles. The monoisotopic (exact) mass is 413 g/mol. The SMILES string of the molecule is CC(=O)Nc1onc(C)c1-c1ccc(C)c(S(=O)(=O)NCc2ccccc2C)c1. The number of hydrogen-bond acceptors (Lipinski definition) is 5. The van der Waals surface area contributed by atoms with Crippen LogP contribution in [0.1, 0.15) is 29.3 Å². The third-order valence-corrected chi connectivity index (χ3v) is 6.18. The molecule has 0 saturated carbocycles. The summed E-state index contributed by atoms with van der Waals surface area (Å²) in [6, 6.07) is 12.7. The van der Waals surface area contributed by atoms with Crippen molar-refractivity contribution in [3.8, 4) is 11.1 Å². The molecule has 29 heavy (non-hydrogen) atoms. The molecule has 1 heterocycles. The number of hydrogen-bond donors (Lipinski definition) is 2. The molecule has 0 unspecified atom stereocenters. The van der Waals surface area contributed by atoms with Crippen molar-refractivity contribution >= 4 is 21.8 Å². The summed E-state index contributed by atoms with van der Waals surface area (Å²) in [6.07, 6.45) is 0. The lowest BCUT2D eigenvalue weighted by atomic mass is 10.0. The fourth-order valence-corrected chi connectivity index (χ4v) is 4.33. The molecule has 1 aromatic heterocycles. The molecule has 0 saturated heterocycles. The number of amides is 1. The van der Waals surface area contributed by atoms with E-state index >= 15 is 0 Å². The minimum Gasteiger partial charge on any atom is -0.337 e. The Morgan fingerprint density at radius 3 is 2.48 bits per heavy atom. The van der Waals surface area contributed by atoms with Crippen molar-refractivity contribution in [3.63, 3.8) is 0 Å². The highest BCUT2D eigenvalue weighted by atomic mass is 32.2. The molecule has 2 N–H and O–H groups in total. The predicted molar refractivity (Wildman–Crippen MR) is 111 cm³/mol. The molecule has 0 spiro atoms. The van der Waals surface area contributed by atoms with Crippen LogP contribution >= 0.6 is 0 Å². The van der Waals surface area contributed by atoms with E-state index in [-0.39, 0.29) is 23.2 Å². The average molecular weight is 413 g/mol. The molecule has 1 amide bonds. The molecular formula is C21H23N3O4S. The van der Waals surface area contributed by atoms with Crippen molar-refractivity contribution in [2.24, 2.45) is 0 Å². The quantitative estimate of drug-likeness (QED) is 0.642. The van der Waals surface area contributed by atoms with Crippen LogP contribution in [0.3, 0.4) is 0 Å². The number of anilines is 1. The van der Waals surface area contributed by atoms with Gasteiger partial charge in [-0.05, 0) is 49.1 Å². The molecule has 0 aliphatic heterocycles. The Labute approximate surface area is 170 Å². The van der Waals surface area contributed by atoms with E-state index in [4.69, 9.17) is 4.52 Å². The fraction of sp³-hybridized carbons (Fsp3) is 0.238. The summed E-state index contributed by atoms with van der Waals surface area (Å²) >= 11 is 0. The van der Waals surface area contributed by atoms with Gasteiger partial charge in [0.15, 0.2) is 0 Å². The first-order valence-corrected chi connectivity index (χ1v) is 10.6. The summed E-state index contributed by atoms with van der Waals surface area (Å²) in [5, 5.41) is 6.48. The van der Waals surface area contributed by atoms with Crippen molar-refractivity contribution in [2.45, 2.75) is 39.1 Å². The summed E-state index contributed by atoms with van der Waals surface area (Å²) in [4.78, 5) is 11.6. The second-order valence-corrected chi connectivity index (χ2v) is 8.62. The zero-order valence-electron chi connectivity index (χ0n) is 16.7. The maximum atomic E-state index is 13.0. The summed E-state index contributed by atoms with van der Waals surface area (Å²) in [6.45, 7) is 6.97. The Bertz CT molecular complexity index is 1170. The molecule has 2 aromatic carbocycles. The van der Waals surface area contributed by atoms with Crippen LogP contribution in [-0.4, -0.2) is 19.5 Å². The number of carbonyl (C=O) groups excluding carboxylic acids is 1. The Morgan fingerprint density at radius 1 is 1.07 bits per heavy atom. The number of carbonyl (C=O) groups is 1. The summed E-state index contributed by atoms with van der Waals surface area (Å²) < 4.78 is 33.8. The topological polar surface area (TPSA) is 101 Å². The Morgan fingerprint density at radius 2 is 1.79 bits per heavy atom. The van der Waals surface area contributed by atoms with Crippen molar-refractivity contribution in [1.29, 1.82) is 0 Å². The van der Waals surface area contributed by atoms with Gasteiger partial charge in [-0.3, -0.25) is 10.1 Å². The van der Waals surface area contributed by atoms with Gasteiger partial charge < -0.3 is 4.52 Å². The van der Waals surface area contributed by atoms with E-state index in [9.17, 15) is 13.2 Å². The van der Waals surface area contributed by atoms with Gasteiger partial charge in [-0.25, -0.2) is 13.1 Å². The summed E-state index contributed by atoms with van der Waals surface area (Å²) in [7, 11) is -3.76. The van der Waals surface area contributed by atoms with Crippen LogP contribution in [0.15, 0.2) is 51.9 Å². The van der Waals surface area contributed by atoms with Gasteiger partial charge in [-0.1, -0.05) is 41.6 Å². The van der Waals surface area contributed by atoms with Crippen molar-refractivity contribution in [3.05, 3.63) is 64.8 Å². The lowest BCUT2D eigenvalue weighted by Gasteiger charge is -2.12. The van der Waals surface area contributed by atoms with Gasteiger partial charge in [0.2, 0.25) is 21.8 Å². The van der Waals surface area contributed by atoms with Gasteiger partial charge in [-0.15, -0.1) is 0 Å². The zero-order valence-corrected chi connectivity index (χ0v) is 17.6. The molecule has 0 atom stereocenters. The molecule has 152 valence electrons. The van der Waals surface area contributed by atoms with E-state index in [1.54, 1.807) is 32.0 Å². The van der Waals surface area contributed by atoms with Crippen LogP contribution in [0.4, 0.5) is 5.88 Å². The first kappa shape index (κ1) is 20.8. The molecule has 0 bridgehead atoms. The van der Waals surface area contributed by atoms with Crippen molar-refractivity contribution in [2.75, 3.05) is 5.32 Å². The summed E-state index contributed by atoms with van der Waals surface area (Å²) in [5.41, 5.74) is 4.23. The first-order chi connectivity index (χ1) is 13.7. The molecular weight excluding hydrogens is 390 g/mol. The van der Waals surface area contributed by atoms with Crippen LogP contribution in [0.5, 0.6) is 0 Å². The minimum absolute atomic E-state index is 0.165. The highest BCUT2D eigenvalue weighted by Gasteiger charge is 2.21. The van der Waals surface area contributed by atoms with E-state index in [1.807, 2.05) is 31.2 Å². The van der Waals surface area contributed by atoms with E-state index in [2.05, 4.69) is 15.2 Å². The highest BCUT2D eigenvalue weighted by molar-refractivity contribution is 7.89. The molecule has 0 radical (unpaired) electrons. The number of sulfonamides is 1.